The molecule has 3 heterocycles. The maximum atomic E-state index is 6.29. The smallest absolute Gasteiger partial charge is 0.176 e. The van der Waals surface area contributed by atoms with E-state index in [-0.39, 0.29) is 0 Å². The van der Waals surface area contributed by atoms with Gasteiger partial charge in [0.05, 0.1) is 27.1 Å². The standard InChI is InChI=1S/C14H9ClN4/c15-9-1-2-10(16)13-12(9)8-5-7-6-17-4-3-11(7)18-14(8)19-13/h1-6H,16H2,(H,18,19)/p+1. The van der Waals surface area contributed by atoms with Gasteiger partial charge in [-0.15, -0.1) is 0 Å². The third-order valence-corrected chi connectivity index (χ3v) is 3.67. The highest BCUT2D eigenvalue weighted by Crippen LogP contribution is 2.34. The van der Waals surface area contributed by atoms with E-state index in [1.807, 2.05) is 24.5 Å². The molecule has 0 atom stereocenters. The first-order chi connectivity index (χ1) is 9.24. The maximum Gasteiger partial charge on any atom is 0.176 e. The molecule has 92 valence electrons. The highest BCUT2D eigenvalue weighted by atomic mass is 35.5. The Kier molecular flexibility index (Phi) is 2.00. The summed E-state index contributed by atoms with van der Waals surface area (Å²) in [7, 11) is 0. The van der Waals surface area contributed by atoms with Gasteiger partial charge >= 0.3 is 0 Å². The van der Waals surface area contributed by atoms with E-state index in [1.54, 1.807) is 6.07 Å². The maximum absolute atomic E-state index is 6.29. The minimum atomic E-state index is 0.674. The largest absolute Gasteiger partial charge is 0.397 e. The first-order valence-electron chi connectivity index (χ1n) is 5.90. The molecule has 0 aliphatic heterocycles. The van der Waals surface area contributed by atoms with Crippen LogP contribution >= 0.6 is 11.6 Å². The Labute approximate surface area is 113 Å². The van der Waals surface area contributed by atoms with Gasteiger partial charge in [-0.1, -0.05) is 11.6 Å². The van der Waals surface area contributed by atoms with Crippen molar-refractivity contribution < 1.29 is 4.98 Å². The van der Waals surface area contributed by atoms with Crippen LogP contribution in [-0.2, 0) is 0 Å². The fourth-order valence-corrected chi connectivity index (χ4v) is 2.71. The number of rotatable bonds is 0. The second-order valence-electron chi connectivity index (χ2n) is 4.51. The van der Waals surface area contributed by atoms with Gasteiger partial charge in [-0.05, 0) is 18.2 Å². The number of anilines is 1. The number of nitrogen functional groups attached to an aromatic ring is 1. The second kappa shape index (κ2) is 3.59. The van der Waals surface area contributed by atoms with Crippen molar-refractivity contribution in [1.82, 2.24) is 9.97 Å². The molecule has 19 heavy (non-hydrogen) atoms. The van der Waals surface area contributed by atoms with Gasteiger partial charge in [0.1, 0.15) is 5.65 Å². The highest BCUT2D eigenvalue weighted by Gasteiger charge is 2.12. The average Bonchev–Trinajstić information content (AvgIpc) is 2.80. The van der Waals surface area contributed by atoms with Gasteiger partial charge in [-0.3, -0.25) is 0 Å². The molecule has 4 aromatic rings. The van der Waals surface area contributed by atoms with Crippen molar-refractivity contribution in [1.29, 1.82) is 0 Å². The summed E-state index contributed by atoms with van der Waals surface area (Å²) in [6.45, 7) is 0. The number of pyridine rings is 2. The summed E-state index contributed by atoms with van der Waals surface area (Å²) in [5.74, 6) is 0. The first kappa shape index (κ1) is 10.6. The summed E-state index contributed by atoms with van der Waals surface area (Å²) in [6.07, 6.45) is 3.77. The lowest BCUT2D eigenvalue weighted by Crippen LogP contribution is -1.98. The number of nitrogens with one attached hydrogen (secondary N) is 2. The summed E-state index contributed by atoms with van der Waals surface area (Å²) < 4.78 is 0. The number of halogens is 1. The Hall–Kier alpha value is -2.33. The number of benzene rings is 1. The monoisotopic (exact) mass is 269 g/mol. The van der Waals surface area contributed by atoms with Gasteiger partial charge in [0, 0.05) is 16.8 Å². The Morgan fingerprint density at radius 1 is 1.26 bits per heavy atom. The zero-order valence-corrected chi connectivity index (χ0v) is 10.6. The van der Waals surface area contributed by atoms with Crippen LogP contribution in [-0.4, -0.2) is 9.97 Å². The molecule has 5 heteroatoms. The van der Waals surface area contributed by atoms with Crippen LogP contribution in [0.15, 0.2) is 36.7 Å². The molecule has 0 bridgehead atoms. The summed E-state index contributed by atoms with van der Waals surface area (Å²) in [4.78, 5) is 10.9. The summed E-state index contributed by atoms with van der Waals surface area (Å²) >= 11 is 6.29. The molecule has 4 N–H and O–H groups in total. The molecule has 3 aromatic heterocycles. The fourth-order valence-electron chi connectivity index (χ4n) is 2.45. The molecule has 0 saturated heterocycles. The minimum Gasteiger partial charge on any atom is -0.397 e. The van der Waals surface area contributed by atoms with Crippen molar-refractivity contribution in [3.05, 3.63) is 41.7 Å². The van der Waals surface area contributed by atoms with Crippen molar-refractivity contribution in [3.8, 4) is 0 Å². The summed E-state index contributed by atoms with van der Waals surface area (Å²) in [5, 5.41) is 3.63. The number of nitrogens with zero attached hydrogens (tertiary/aromatic N) is 1. The number of hydrogen-bond acceptors (Lipinski definition) is 2. The van der Waals surface area contributed by atoms with Crippen molar-refractivity contribution in [2.75, 3.05) is 5.73 Å². The molecule has 0 aliphatic carbocycles. The zero-order chi connectivity index (χ0) is 13.0. The molecule has 0 aliphatic rings. The molecule has 0 fully saturated rings. The SMILES string of the molecule is Nc1ccc(Cl)c2c1[nH]c1nc3cc[nH+]cc3cc12. The summed E-state index contributed by atoms with van der Waals surface area (Å²) in [5.41, 5.74) is 9.23. The van der Waals surface area contributed by atoms with Crippen LogP contribution in [0.5, 0.6) is 0 Å². The molecular weight excluding hydrogens is 260 g/mol. The molecular formula is C14H10ClN4+. The predicted molar refractivity (Wildman–Crippen MR) is 77.1 cm³/mol. The molecule has 0 unspecified atom stereocenters. The minimum absolute atomic E-state index is 0.674. The van der Waals surface area contributed by atoms with Crippen LogP contribution in [0.1, 0.15) is 0 Å². The zero-order valence-electron chi connectivity index (χ0n) is 9.87. The molecule has 4 nitrogen and oxygen atoms in total. The molecule has 0 spiro atoms. The van der Waals surface area contributed by atoms with Gasteiger partial charge in [0.2, 0.25) is 0 Å². The molecule has 1 aromatic carbocycles. The lowest BCUT2D eigenvalue weighted by molar-refractivity contribution is -0.375. The van der Waals surface area contributed by atoms with Gasteiger partial charge in [0.15, 0.2) is 12.4 Å². The van der Waals surface area contributed by atoms with Crippen LogP contribution in [0.2, 0.25) is 5.02 Å². The van der Waals surface area contributed by atoms with Crippen LogP contribution in [0, 0.1) is 0 Å². The number of aromatic nitrogens is 3. The molecule has 0 saturated carbocycles. The fraction of sp³-hybridized carbons (Fsp3) is 0. The van der Waals surface area contributed by atoms with Gasteiger partial charge in [-0.2, -0.15) is 0 Å². The van der Waals surface area contributed by atoms with Crippen LogP contribution in [0.25, 0.3) is 32.8 Å². The third-order valence-electron chi connectivity index (χ3n) is 3.36. The second-order valence-corrected chi connectivity index (χ2v) is 4.92. The predicted octanol–water partition coefficient (Wildman–Crippen LogP) is 2.92. The Morgan fingerprint density at radius 3 is 3.05 bits per heavy atom. The number of nitrogens with two attached hydrogens (primary N) is 1. The Bertz CT molecular complexity index is 942. The first-order valence-corrected chi connectivity index (χ1v) is 6.28. The number of fused-ring (bicyclic) bond motifs is 4. The Morgan fingerprint density at radius 2 is 2.16 bits per heavy atom. The topological polar surface area (TPSA) is 68.8 Å². The van der Waals surface area contributed by atoms with E-state index < -0.39 is 0 Å². The molecule has 0 amide bonds. The van der Waals surface area contributed by atoms with E-state index in [0.29, 0.717) is 10.7 Å². The van der Waals surface area contributed by atoms with E-state index in [0.717, 1.165) is 32.8 Å². The van der Waals surface area contributed by atoms with Crippen molar-refractivity contribution in [3.63, 3.8) is 0 Å². The van der Waals surface area contributed by atoms with E-state index in [2.05, 4.69) is 21.0 Å². The van der Waals surface area contributed by atoms with E-state index >= 15 is 0 Å². The van der Waals surface area contributed by atoms with Crippen LogP contribution < -0.4 is 10.7 Å². The normalized spacial score (nSPS) is 11.6. The van der Waals surface area contributed by atoms with Gasteiger partial charge in [0.25, 0.3) is 0 Å². The van der Waals surface area contributed by atoms with E-state index in [4.69, 9.17) is 17.3 Å². The summed E-state index contributed by atoms with van der Waals surface area (Å²) in [6, 6.07) is 7.62. The lowest BCUT2D eigenvalue weighted by atomic mass is 10.1. The molecule has 4 rings (SSSR count). The van der Waals surface area contributed by atoms with Crippen molar-refractivity contribution in [2.24, 2.45) is 0 Å². The number of aromatic amines is 2. The van der Waals surface area contributed by atoms with Crippen LogP contribution in [0.4, 0.5) is 5.69 Å². The van der Waals surface area contributed by atoms with Crippen molar-refractivity contribution in [2.45, 2.75) is 0 Å². The quantitative estimate of drug-likeness (QED) is 0.482. The highest BCUT2D eigenvalue weighted by molar-refractivity contribution is 6.38. The molecule has 0 radical (unpaired) electrons. The van der Waals surface area contributed by atoms with E-state index in [9.17, 15) is 0 Å². The Balaban J connectivity index is 2.30. The van der Waals surface area contributed by atoms with Gasteiger partial charge in [-0.25, -0.2) is 9.97 Å². The van der Waals surface area contributed by atoms with E-state index in [1.165, 1.54) is 0 Å². The number of H-pyrrole nitrogens is 2. The number of hydrogen-bond donors (Lipinski definition) is 2. The lowest BCUT2D eigenvalue weighted by Gasteiger charge is -1.98. The third kappa shape index (κ3) is 1.40. The van der Waals surface area contributed by atoms with Crippen molar-refractivity contribution >= 4 is 50.1 Å². The van der Waals surface area contributed by atoms with Crippen LogP contribution in [0.3, 0.4) is 0 Å². The average molecular weight is 270 g/mol. The van der Waals surface area contributed by atoms with Gasteiger partial charge < -0.3 is 10.7 Å².